The Hall–Kier alpha value is -1.80. The maximum absolute atomic E-state index is 13.1. The van der Waals surface area contributed by atoms with Gasteiger partial charge in [0.15, 0.2) is 0 Å². The van der Waals surface area contributed by atoms with Crippen LogP contribution in [0.3, 0.4) is 0 Å². The van der Waals surface area contributed by atoms with Gasteiger partial charge in [0.05, 0.1) is 7.11 Å². The average molecular weight is 354 g/mol. The maximum Gasteiger partial charge on any atom is 0.432 e. The fourth-order valence-electron chi connectivity index (χ4n) is 2.00. The Morgan fingerprint density at radius 2 is 1.78 bits per heavy atom. The van der Waals surface area contributed by atoms with Gasteiger partial charge in [0.1, 0.15) is 5.88 Å². The van der Waals surface area contributed by atoms with Gasteiger partial charge >= 0.3 is 12.1 Å². The average Bonchev–Trinajstić information content (AvgIpc) is 2.53. The summed E-state index contributed by atoms with van der Waals surface area (Å²) in [6, 6.07) is 4.18. The predicted molar refractivity (Wildman–Crippen MR) is 77.2 cm³/mol. The van der Waals surface area contributed by atoms with Crippen LogP contribution < -0.4 is 4.90 Å². The molecule has 23 heavy (non-hydrogen) atoms. The number of methoxy groups -OCH3 is 1. The van der Waals surface area contributed by atoms with Crippen LogP contribution in [0.15, 0.2) is 24.3 Å². The van der Waals surface area contributed by atoms with Gasteiger partial charge in [-0.2, -0.15) is 13.2 Å². The number of benzene rings is 1. The van der Waals surface area contributed by atoms with Crippen molar-refractivity contribution in [1.82, 2.24) is 0 Å². The van der Waals surface area contributed by atoms with Crippen LogP contribution in [-0.2, 0) is 19.9 Å². The lowest BCUT2D eigenvalue weighted by atomic mass is 9.93. The van der Waals surface area contributed by atoms with Crippen LogP contribution >= 0.6 is 11.6 Å². The minimum absolute atomic E-state index is 0.255. The first-order valence-electron chi connectivity index (χ1n) is 6.47. The molecule has 1 aromatic carbocycles. The largest absolute Gasteiger partial charge is 0.466 e. The van der Waals surface area contributed by atoms with E-state index in [1.54, 1.807) is 6.92 Å². The van der Waals surface area contributed by atoms with E-state index in [-0.39, 0.29) is 18.1 Å². The smallest absolute Gasteiger partial charge is 0.432 e. The summed E-state index contributed by atoms with van der Waals surface area (Å²) in [5, 5.41) is 9.83. The van der Waals surface area contributed by atoms with Crippen LogP contribution in [0.5, 0.6) is 0 Å². The molecule has 0 heterocycles. The molecule has 1 amide bonds. The van der Waals surface area contributed by atoms with E-state index in [0.29, 0.717) is 0 Å². The molecule has 1 unspecified atom stereocenters. The molecule has 5 nitrogen and oxygen atoms in total. The highest BCUT2D eigenvalue weighted by molar-refractivity contribution is 6.29. The zero-order valence-electron chi connectivity index (χ0n) is 12.4. The van der Waals surface area contributed by atoms with E-state index in [0.717, 1.165) is 19.2 Å². The summed E-state index contributed by atoms with van der Waals surface area (Å²) in [6.07, 6.45) is -5.27. The number of halogens is 4. The summed E-state index contributed by atoms with van der Waals surface area (Å²) in [5.74, 6) is -2.56. The highest BCUT2D eigenvalue weighted by atomic mass is 35.5. The van der Waals surface area contributed by atoms with Gasteiger partial charge in [0, 0.05) is 17.8 Å². The van der Waals surface area contributed by atoms with Crippen molar-refractivity contribution in [3.05, 3.63) is 29.8 Å². The Morgan fingerprint density at radius 3 is 2.13 bits per heavy atom. The lowest BCUT2D eigenvalue weighted by Gasteiger charge is -2.28. The molecule has 9 heteroatoms. The summed E-state index contributed by atoms with van der Waals surface area (Å²) < 4.78 is 43.4. The number of ether oxygens (including phenoxy) is 1. The number of nitrogens with zero attached hydrogens (tertiary/aromatic N) is 1. The third kappa shape index (κ3) is 3.59. The van der Waals surface area contributed by atoms with Gasteiger partial charge < -0.3 is 14.7 Å². The van der Waals surface area contributed by atoms with E-state index in [9.17, 15) is 27.9 Å². The first-order valence-corrected chi connectivity index (χ1v) is 7.01. The molecule has 0 aliphatic heterocycles. The van der Waals surface area contributed by atoms with Crippen LogP contribution in [0.1, 0.15) is 12.5 Å². The van der Waals surface area contributed by atoms with Crippen molar-refractivity contribution in [3.63, 3.8) is 0 Å². The molecule has 0 bridgehead atoms. The van der Waals surface area contributed by atoms with Crippen molar-refractivity contribution in [3.8, 4) is 0 Å². The van der Waals surface area contributed by atoms with Gasteiger partial charge in [0.25, 0.3) is 5.60 Å². The number of hydrogen-bond acceptors (Lipinski definition) is 4. The molecule has 0 aliphatic rings. The van der Waals surface area contributed by atoms with Crippen molar-refractivity contribution in [2.75, 3.05) is 24.4 Å². The van der Waals surface area contributed by atoms with Crippen LogP contribution in [-0.4, -0.2) is 42.7 Å². The van der Waals surface area contributed by atoms with E-state index < -0.39 is 29.2 Å². The molecule has 0 aromatic heterocycles. The molecule has 1 aromatic rings. The zero-order chi connectivity index (χ0) is 17.8. The van der Waals surface area contributed by atoms with Crippen molar-refractivity contribution in [1.29, 1.82) is 0 Å². The number of esters is 1. The van der Waals surface area contributed by atoms with Crippen LogP contribution in [0, 0.1) is 0 Å². The molecule has 1 rings (SSSR count). The topological polar surface area (TPSA) is 66.8 Å². The predicted octanol–water partition coefficient (Wildman–Crippen LogP) is 2.20. The molecule has 0 saturated heterocycles. The summed E-state index contributed by atoms with van der Waals surface area (Å²) in [6.45, 7) is 1.92. The Kier molecular flexibility index (Phi) is 6.01. The minimum atomic E-state index is -5.27. The summed E-state index contributed by atoms with van der Waals surface area (Å²) in [5.41, 5.74) is -4.21. The molecule has 0 spiro atoms. The molecule has 0 aliphatic carbocycles. The first-order chi connectivity index (χ1) is 10.6. The summed E-state index contributed by atoms with van der Waals surface area (Å²) in [7, 11) is 0.741. The van der Waals surface area contributed by atoms with E-state index in [1.165, 1.54) is 17.0 Å². The van der Waals surface area contributed by atoms with Crippen molar-refractivity contribution >= 4 is 29.2 Å². The number of carbonyl (C=O) groups excluding carboxylic acids is 2. The molecule has 0 fully saturated rings. The highest BCUT2D eigenvalue weighted by Gasteiger charge is 2.62. The quantitative estimate of drug-likeness (QED) is 0.651. The second-order valence-corrected chi connectivity index (χ2v) is 4.79. The Labute approximate surface area is 135 Å². The van der Waals surface area contributed by atoms with Gasteiger partial charge in [0.2, 0.25) is 5.91 Å². The molecular formula is C14H15ClF3NO4. The highest BCUT2D eigenvalue weighted by Crippen LogP contribution is 2.40. The number of anilines is 1. The maximum atomic E-state index is 13.1. The monoisotopic (exact) mass is 353 g/mol. The van der Waals surface area contributed by atoms with E-state index in [4.69, 9.17) is 11.6 Å². The second-order valence-electron chi connectivity index (χ2n) is 4.52. The first kappa shape index (κ1) is 19.2. The molecule has 1 N–H and O–H groups in total. The van der Waals surface area contributed by atoms with Gasteiger partial charge in [-0.3, -0.25) is 4.79 Å². The molecule has 1 atom stereocenters. The summed E-state index contributed by atoms with van der Waals surface area (Å²) >= 11 is 5.46. The SMILES string of the molecule is CCN(C(=O)CCl)c1ccc(C(O)(C(=O)OC)C(F)(F)F)cc1. The minimum Gasteiger partial charge on any atom is -0.466 e. The zero-order valence-corrected chi connectivity index (χ0v) is 13.1. The molecule has 128 valence electrons. The molecule has 0 saturated carbocycles. The van der Waals surface area contributed by atoms with Gasteiger partial charge in [-0.05, 0) is 19.1 Å². The number of alkyl halides is 4. The fraction of sp³-hybridized carbons (Fsp3) is 0.429. The number of amides is 1. The fourth-order valence-corrected chi connectivity index (χ4v) is 2.15. The van der Waals surface area contributed by atoms with Gasteiger partial charge in [-0.15, -0.1) is 11.6 Å². The third-order valence-corrected chi connectivity index (χ3v) is 3.45. The second kappa shape index (κ2) is 7.18. The van der Waals surface area contributed by atoms with Crippen molar-refractivity contribution < 1.29 is 32.6 Å². The third-order valence-electron chi connectivity index (χ3n) is 3.22. The summed E-state index contributed by atoms with van der Waals surface area (Å²) in [4.78, 5) is 24.3. The van der Waals surface area contributed by atoms with Crippen LogP contribution in [0.4, 0.5) is 18.9 Å². The van der Waals surface area contributed by atoms with E-state index in [1.807, 2.05) is 0 Å². The molecule has 0 radical (unpaired) electrons. The van der Waals surface area contributed by atoms with Crippen molar-refractivity contribution in [2.45, 2.75) is 18.7 Å². The molecular weight excluding hydrogens is 339 g/mol. The standard InChI is InChI=1S/C14H15ClF3NO4/c1-3-19(11(20)8-15)10-6-4-9(5-7-10)13(22,12(21)23-2)14(16,17)18/h4-7,22H,3,8H2,1-2H3. The Bertz CT molecular complexity index is 576. The van der Waals surface area contributed by atoms with Crippen molar-refractivity contribution in [2.24, 2.45) is 0 Å². The van der Waals surface area contributed by atoms with Crippen LogP contribution in [0.2, 0.25) is 0 Å². The Balaban J connectivity index is 3.29. The van der Waals surface area contributed by atoms with E-state index >= 15 is 0 Å². The lowest BCUT2D eigenvalue weighted by Crippen LogP contribution is -2.49. The number of hydrogen-bond donors (Lipinski definition) is 1. The number of aliphatic hydroxyl groups is 1. The van der Waals surface area contributed by atoms with E-state index in [2.05, 4.69) is 4.74 Å². The van der Waals surface area contributed by atoms with Gasteiger partial charge in [-0.25, -0.2) is 4.79 Å². The Morgan fingerprint density at radius 1 is 1.26 bits per heavy atom. The number of carbonyl (C=O) groups is 2. The van der Waals surface area contributed by atoms with Crippen LogP contribution in [0.25, 0.3) is 0 Å². The normalized spacial score (nSPS) is 14.0. The lowest BCUT2D eigenvalue weighted by molar-refractivity contribution is -0.266. The number of rotatable bonds is 5. The van der Waals surface area contributed by atoms with Gasteiger partial charge in [-0.1, -0.05) is 12.1 Å².